The van der Waals surface area contributed by atoms with Gasteiger partial charge in [-0.05, 0) is 37.3 Å². The zero-order valence-electron chi connectivity index (χ0n) is 16.1. The average molecular weight is 427 g/mol. The maximum atomic E-state index is 14.2. The van der Waals surface area contributed by atoms with Crippen LogP contribution in [0.2, 0.25) is 0 Å². The summed E-state index contributed by atoms with van der Waals surface area (Å²) in [4.78, 5) is 63.7. The van der Waals surface area contributed by atoms with Crippen LogP contribution in [0.25, 0.3) is 0 Å². The highest BCUT2D eigenvalue weighted by molar-refractivity contribution is 6.22. The molecule has 1 fully saturated rings. The Hall–Kier alpha value is -3.95. The smallest absolute Gasteiger partial charge is 0.319 e. The molecule has 1 N–H and O–H groups in total. The van der Waals surface area contributed by atoms with Gasteiger partial charge in [-0.25, -0.2) is 13.6 Å². The molecule has 0 radical (unpaired) electrons. The second-order valence-electron chi connectivity index (χ2n) is 7.35. The minimum absolute atomic E-state index is 0.157. The summed E-state index contributed by atoms with van der Waals surface area (Å²) in [6.07, 6.45) is 0. The Morgan fingerprint density at radius 3 is 2.13 bits per heavy atom. The van der Waals surface area contributed by atoms with Gasteiger partial charge in [0.15, 0.2) is 5.78 Å². The summed E-state index contributed by atoms with van der Waals surface area (Å²) in [5.41, 5.74) is -1.99. The van der Waals surface area contributed by atoms with E-state index in [2.05, 4.69) is 5.32 Å². The van der Waals surface area contributed by atoms with Gasteiger partial charge in [-0.2, -0.15) is 0 Å². The molecule has 0 bridgehead atoms. The van der Waals surface area contributed by atoms with Gasteiger partial charge in [-0.1, -0.05) is 12.1 Å². The van der Waals surface area contributed by atoms with E-state index < -0.39 is 59.8 Å². The van der Waals surface area contributed by atoms with E-state index in [1.807, 2.05) is 0 Å². The fraction of sp³-hybridized carbons (Fsp3) is 0.190. The molecule has 5 amide bonds. The molecule has 0 aromatic heterocycles. The zero-order chi connectivity index (χ0) is 22.5. The van der Waals surface area contributed by atoms with Crippen molar-refractivity contribution in [2.75, 3.05) is 13.1 Å². The molecule has 2 aliphatic rings. The second-order valence-corrected chi connectivity index (χ2v) is 7.35. The van der Waals surface area contributed by atoms with Gasteiger partial charge in [0, 0.05) is 5.56 Å². The minimum Gasteiger partial charge on any atom is -0.319 e. The number of rotatable bonds is 5. The van der Waals surface area contributed by atoms with E-state index in [4.69, 9.17) is 0 Å². The fourth-order valence-electron chi connectivity index (χ4n) is 3.69. The van der Waals surface area contributed by atoms with Crippen molar-refractivity contribution in [3.05, 3.63) is 70.8 Å². The van der Waals surface area contributed by atoms with Gasteiger partial charge >= 0.3 is 6.03 Å². The number of hydrogen-bond donors (Lipinski definition) is 1. The van der Waals surface area contributed by atoms with Crippen LogP contribution in [-0.2, 0) is 15.1 Å². The summed E-state index contributed by atoms with van der Waals surface area (Å²) in [6, 6.07) is 7.57. The number of nitrogens with zero attached hydrogens (tertiary/aromatic N) is 2. The summed E-state index contributed by atoms with van der Waals surface area (Å²) in [6.45, 7) is -0.196. The molecular formula is C21H15F2N3O5. The highest BCUT2D eigenvalue weighted by Gasteiger charge is 2.51. The molecule has 1 atom stereocenters. The summed E-state index contributed by atoms with van der Waals surface area (Å²) >= 11 is 0. The monoisotopic (exact) mass is 427 g/mol. The zero-order valence-corrected chi connectivity index (χ0v) is 16.1. The first kappa shape index (κ1) is 20.3. The van der Waals surface area contributed by atoms with Crippen LogP contribution in [0.1, 0.15) is 33.2 Å². The molecule has 1 unspecified atom stereocenters. The fourth-order valence-corrected chi connectivity index (χ4v) is 3.69. The van der Waals surface area contributed by atoms with Crippen LogP contribution >= 0.6 is 0 Å². The van der Waals surface area contributed by atoms with Crippen LogP contribution in [0.5, 0.6) is 0 Å². The van der Waals surface area contributed by atoms with Crippen molar-refractivity contribution in [3.63, 3.8) is 0 Å². The van der Waals surface area contributed by atoms with Crippen molar-refractivity contribution < 1.29 is 32.8 Å². The average Bonchev–Trinajstić information content (AvgIpc) is 3.10. The standard InChI is InChI=1S/C21H15F2N3O5/c1-21(15-8-11(22)6-7-16(15)23)19(30)26(20(31)24-21)10-12(27)9-25-17(28)13-4-2-3-5-14(13)18(25)29/h2-8H,9-10H2,1H3,(H,24,31). The molecule has 10 heteroatoms. The maximum absolute atomic E-state index is 14.2. The first-order valence-corrected chi connectivity index (χ1v) is 9.20. The third-order valence-electron chi connectivity index (χ3n) is 5.29. The number of amides is 5. The van der Waals surface area contributed by atoms with Gasteiger partial charge in [0.05, 0.1) is 24.2 Å². The number of fused-ring (bicyclic) bond motifs is 1. The van der Waals surface area contributed by atoms with Crippen molar-refractivity contribution in [1.29, 1.82) is 0 Å². The molecule has 31 heavy (non-hydrogen) atoms. The number of imide groups is 2. The number of benzene rings is 2. The number of nitrogens with one attached hydrogen (secondary N) is 1. The third-order valence-corrected chi connectivity index (χ3v) is 5.29. The molecule has 4 rings (SSSR count). The highest BCUT2D eigenvalue weighted by Crippen LogP contribution is 2.31. The van der Waals surface area contributed by atoms with E-state index in [0.717, 1.165) is 23.1 Å². The number of carbonyl (C=O) groups is 5. The van der Waals surface area contributed by atoms with Crippen molar-refractivity contribution in [3.8, 4) is 0 Å². The predicted octanol–water partition coefficient (Wildman–Crippen LogP) is 1.60. The SMILES string of the molecule is CC1(c2cc(F)ccc2F)NC(=O)N(CC(=O)CN2C(=O)c3ccccc3C2=O)C1=O. The van der Waals surface area contributed by atoms with E-state index in [0.29, 0.717) is 4.90 Å². The van der Waals surface area contributed by atoms with Crippen LogP contribution in [-0.4, -0.2) is 52.4 Å². The number of ketones is 1. The Labute approximate surface area is 174 Å². The normalized spacial score (nSPS) is 20.4. The number of halogens is 2. The molecule has 0 aliphatic carbocycles. The maximum Gasteiger partial charge on any atom is 0.325 e. The molecular weight excluding hydrogens is 412 g/mol. The van der Waals surface area contributed by atoms with Crippen LogP contribution < -0.4 is 5.32 Å². The second kappa shape index (κ2) is 7.08. The largest absolute Gasteiger partial charge is 0.325 e. The molecule has 8 nitrogen and oxygen atoms in total. The van der Waals surface area contributed by atoms with Crippen molar-refractivity contribution >= 4 is 29.5 Å². The molecule has 158 valence electrons. The Morgan fingerprint density at radius 2 is 1.52 bits per heavy atom. The Kier molecular flexibility index (Phi) is 4.64. The van der Waals surface area contributed by atoms with E-state index in [9.17, 15) is 32.8 Å². The molecule has 0 saturated carbocycles. The van der Waals surface area contributed by atoms with Gasteiger partial charge < -0.3 is 5.32 Å². The van der Waals surface area contributed by atoms with Crippen molar-refractivity contribution in [2.45, 2.75) is 12.5 Å². The molecule has 2 aromatic rings. The molecule has 2 aromatic carbocycles. The molecule has 2 heterocycles. The number of hydrogen-bond acceptors (Lipinski definition) is 5. The first-order valence-electron chi connectivity index (χ1n) is 9.20. The topological polar surface area (TPSA) is 104 Å². The third kappa shape index (κ3) is 3.16. The number of Topliss-reactive ketones (excluding diaryl/α,β-unsaturated/α-hetero) is 1. The number of carbonyl (C=O) groups excluding carboxylic acids is 5. The lowest BCUT2D eigenvalue weighted by Crippen LogP contribution is -2.44. The summed E-state index contributed by atoms with van der Waals surface area (Å²) in [5, 5.41) is 2.28. The number of urea groups is 1. The molecule has 2 aliphatic heterocycles. The Balaban J connectivity index is 1.51. The minimum atomic E-state index is -1.92. The lowest BCUT2D eigenvalue weighted by Gasteiger charge is -2.23. The van der Waals surface area contributed by atoms with Crippen molar-refractivity contribution in [1.82, 2.24) is 15.1 Å². The van der Waals surface area contributed by atoms with Crippen LogP contribution in [0.4, 0.5) is 13.6 Å². The summed E-state index contributed by atoms with van der Waals surface area (Å²) in [7, 11) is 0. The van der Waals surface area contributed by atoms with E-state index >= 15 is 0 Å². The summed E-state index contributed by atoms with van der Waals surface area (Å²) in [5.74, 6) is -4.74. The highest BCUT2D eigenvalue weighted by atomic mass is 19.1. The van der Waals surface area contributed by atoms with Crippen LogP contribution in [0.3, 0.4) is 0 Å². The Bertz CT molecular complexity index is 1150. The lowest BCUT2D eigenvalue weighted by atomic mass is 9.91. The van der Waals surface area contributed by atoms with Crippen molar-refractivity contribution in [2.24, 2.45) is 0 Å². The predicted molar refractivity (Wildman–Crippen MR) is 101 cm³/mol. The van der Waals surface area contributed by atoms with Gasteiger partial charge in [0.25, 0.3) is 17.7 Å². The Morgan fingerprint density at radius 1 is 0.935 bits per heavy atom. The van der Waals surface area contributed by atoms with E-state index in [1.165, 1.54) is 19.1 Å². The van der Waals surface area contributed by atoms with Gasteiger partial charge in [0.2, 0.25) is 0 Å². The summed E-state index contributed by atoms with van der Waals surface area (Å²) < 4.78 is 27.8. The van der Waals surface area contributed by atoms with Gasteiger partial charge in [0.1, 0.15) is 17.2 Å². The van der Waals surface area contributed by atoms with Gasteiger partial charge in [-0.15, -0.1) is 0 Å². The van der Waals surface area contributed by atoms with Gasteiger partial charge in [-0.3, -0.25) is 29.0 Å². The first-order chi connectivity index (χ1) is 14.6. The molecule has 0 spiro atoms. The van der Waals surface area contributed by atoms with Crippen LogP contribution in [0, 0.1) is 11.6 Å². The molecule has 1 saturated heterocycles. The van der Waals surface area contributed by atoms with Crippen LogP contribution in [0.15, 0.2) is 42.5 Å². The van der Waals surface area contributed by atoms with E-state index in [1.54, 1.807) is 12.1 Å². The lowest BCUT2D eigenvalue weighted by molar-refractivity contribution is -0.134. The quantitative estimate of drug-likeness (QED) is 0.577. The van der Waals surface area contributed by atoms with E-state index in [-0.39, 0.29) is 16.7 Å².